The van der Waals surface area contributed by atoms with Crippen molar-refractivity contribution in [2.24, 2.45) is 0 Å². The summed E-state index contributed by atoms with van der Waals surface area (Å²) in [5.41, 5.74) is 1.56. The van der Waals surface area contributed by atoms with Crippen molar-refractivity contribution in [1.29, 1.82) is 0 Å². The third-order valence-electron chi connectivity index (χ3n) is 1.77. The summed E-state index contributed by atoms with van der Waals surface area (Å²) in [5.74, 6) is 0.350. The van der Waals surface area contributed by atoms with Gasteiger partial charge in [-0.3, -0.25) is 4.79 Å². The number of amides is 1. The van der Waals surface area contributed by atoms with Gasteiger partial charge in [0.05, 0.1) is 6.20 Å². The van der Waals surface area contributed by atoms with E-state index in [-0.39, 0.29) is 5.91 Å². The number of hydrogen-bond acceptors (Lipinski definition) is 4. The smallest absolute Gasteiger partial charge is 0.222 e. The van der Waals surface area contributed by atoms with Gasteiger partial charge in [0, 0.05) is 18.7 Å². The van der Waals surface area contributed by atoms with E-state index in [9.17, 15) is 4.79 Å². The Balaban J connectivity index is 2.31. The summed E-state index contributed by atoms with van der Waals surface area (Å²) in [7, 11) is 0. The van der Waals surface area contributed by atoms with Gasteiger partial charge >= 0.3 is 0 Å². The number of carbonyl (C=O) groups excluding carboxylic acids is 1. The molecule has 0 aliphatic heterocycles. The number of nitrogens with zero attached hydrogens (tertiary/aromatic N) is 3. The molecule has 0 bridgehead atoms. The van der Waals surface area contributed by atoms with E-state index in [1.165, 1.54) is 6.92 Å². The van der Waals surface area contributed by atoms with E-state index in [0.717, 1.165) is 5.56 Å². The molecule has 6 nitrogen and oxygen atoms in total. The number of H-pyrrole nitrogens is 1. The molecule has 0 aromatic carbocycles. The topological polar surface area (TPSA) is 83.6 Å². The third-order valence-corrected chi connectivity index (χ3v) is 1.77. The van der Waals surface area contributed by atoms with Gasteiger partial charge in [-0.25, -0.2) is 4.98 Å². The average molecular weight is 203 g/mol. The standard InChI is InChI=1S/C9H9N5O/c1-6(15)12-9-4-7(2-3-10-9)8-5-11-14-13-8/h2-5H,1H3,(H,10,12,15)(H,11,13,14). The first kappa shape index (κ1) is 9.32. The quantitative estimate of drug-likeness (QED) is 0.757. The highest BCUT2D eigenvalue weighted by Crippen LogP contribution is 2.17. The molecule has 0 aliphatic rings. The molecule has 6 heteroatoms. The molecule has 2 aromatic rings. The molecule has 0 aliphatic carbocycles. The van der Waals surface area contributed by atoms with Gasteiger partial charge in [-0.05, 0) is 12.1 Å². The number of aromatic amines is 1. The Morgan fingerprint density at radius 3 is 3.07 bits per heavy atom. The Hall–Kier alpha value is -2.24. The maximum absolute atomic E-state index is 10.8. The van der Waals surface area contributed by atoms with Crippen molar-refractivity contribution in [3.8, 4) is 11.3 Å². The lowest BCUT2D eigenvalue weighted by Crippen LogP contribution is -2.07. The molecule has 0 fully saturated rings. The molecule has 0 atom stereocenters. The van der Waals surface area contributed by atoms with Gasteiger partial charge in [-0.1, -0.05) is 0 Å². The Morgan fingerprint density at radius 1 is 1.53 bits per heavy atom. The van der Waals surface area contributed by atoms with Crippen molar-refractivity contribution in [2.75, 3.05) is 5.32 Å². The lowest BCUT2D eigenvalue weighted by molar-refractivity contribution is -0.114. The highest BCUT2D eigenvalue weighted by molar-refractivity contribution is 5.88. The van der Waals surface area contributed by atoms with Crippen molar-refractivity contribution >= 4 is 11.7 Å². The second kappa shape index (κ2) is 3.87. The second-order valence-electron chi connectivity index (χ2n) is 2.97. The van der Waals surface area contributed by atoms with Crippen LogP contribution in [0.5, 0.6) is 0 Å². The summed E-state index contributed by atoms with van der Waals surface area (Å²) < 4.78 is 0. The zero-order chi connectivity index (χ0) is 10.7. The summed E-state index contributed by atoms with van der Waals surface area (Å²) in [6.45, 7) is 1.43. The minimum absolute atomic E-state index is 0.153. The van der Waals surface area contributed by atoms with E-state index in [4.69, 9.17) is 0 Å². The molecule has 0 saturated heterocycles. The zero-order valence-electron chi connectivity index (χ0n) is 8.06. The molecule has 0 spiro atoms. The number of pyridine rings is 1. The molecule has 2 N–H and O–H groups in total. The van der Waals surface area contributed by atoms with Gasteiger partial charge in [0.1, 0.15) is 11.5 Å². The summed E-state index contributed by atoms with van der Waals surface area (Å²) >= 11 is 0. The number of aromatic nitrogens is 4. The van der Waals surface area contributed by atoms with Gasteiger partial charge in [-0.15, -0.1) is 0 Å². The van der Waals surface area contributed by atoms with Gasteiger partial charge in [0.15, 0.2) is 0 Å². The highest BCUT2D eigenvalue weighted by Gasteiger charge is 2.03. The predicted octanol–water partition coefficient (Wildman–Crippen LogP) is 0.825. The normalized spacial score (nSPS) is 9.93. The molecule has 2 rings (SSSR count). The first-order valence-corrected chi connectivity index (χ1v) is 4.35. The average Bonchev–Trinajstić information content (AvgIpc) is 2.69. The van der Waals surface area contributed by atoms with Crippen molar-refractivity contribution in [1.82, 2.24) is 20.4 Å². The molecule has 0 unspecified atom stereocenters. The van der Waals surface area contributed by atoms with E-state index in [1.807, 2.05) is 0 Å². The van der Waals surface area contributed by atoms with Crippen molar-refractivity contribution in [2.45, 2.75) is 6.92 Å². The second-order valence-corrected chi connectivity index (χ2v) is 2.97. The minimum Gasteiger partial charge on any atom is -0.311 e. The fourth-order valence-electron chi connectivity index (χ4n) is 1.18. The van der Waals surface area contributed by atoms with Crippen LogP contribution in [-0.4, -0.2) is 26.3 Å². The van der Waals surface area contributed by atoms with Crippen molar-refractivity contribution in [3.63, 3.8) is 0 Å². The maximum Gasteiger partial charge on any atom is 0.222 e. The molecular weight excluding hydrogens is 194 g/mol. The molecule has 2 heterocycles. The fourth-order valence-corrected chi connectivity index (χ4v) is 1.18. The van der Waals surface area contributed by atoms with E-state index in [0.29, 0.717) is 11.5 Å². The number of hydrogen-bond donors (Lipinski definition) is 2. The van der Waals surface area contributed by atoms with Crippen LogP contribution in [0.3, 0.4) is 0 Å². The maximum atomic E-state index is 10.8. The number of carbonyl (C=O) groups is 1. The van der Waals surface area contributed by atoms with Crippen LogP contribution >= 0.6 is 0 Å². The van der Waals surface area contributed by atoms with Crippen LogP contribution in [0.15, 0.2) is 24.5 Å². The van der Waals surface area contributed by atoms with Crippen LogP contribution < -0.4 is 5.32 Å². The third kappa shape index (κ3) is 2.16. The van der Waals surface area contributed by atoms with Gasteiger partial charge in [0.25, 0.3) is 0 Å². The molecule has 76 valence electrons. The first-order valence-electron chi connectivity index (χ1n) is 4.35. The van der Waals surface area contributed by atoms with Gasteiger partial charge < -0.3 is 5.32 Å². The van der Waals surface area contributed by atoms with Crippen LogP contribution in [-0.2, 0) is 4.79 Å². The van der Waals surface area contributed by atoms with E-state index >= 15 is 0 Å². The largest absolute Gasteiger partial charge is 0.311 e. The van der Waals surface area contributed by atoms with Gasteiger partial charge in [0.2, 0.25) is 5.91 Å². The molecule has 1 amide bonds. The summed E-state index contributed by atoms with van der Waals surface area (Å²) in [5, 5.41) is 12.8. The predicted molar refractivity (Wildman–Crippen MR) is 53.9 cm³/mol. The van der Waals surface area contributed by atoms with E-state index < -0.39 is 0 Å². The Kier molecular flexibility index (Phi) is 2.40. The summed E-state index contributed by atoms with van der Waals surface area (Å²) in [6, 6.07) is 3.53. The molecule has 2 aromatic heterocycles. The monoisotopic (exact) mass is 203 g/mol. The van der Waals surface area contributed by atoms with Crippen LogP contribution in [0, 0.1) is 0 Å². The Labute approximate surface area is 85.7 Å². The van der Waals surface area contributed by atoms with Crippen molar-refractivity contribution < 1.29 is 4.79 Å². The van der Waals surface area contributed by atoms with Crippen LogP contribution in [0.2, 0.25) is 0 Å². The number of rotatable bonds is 2. The molecular formula is C9H9N5O. The van der Waals surface area contributed by atoms with Crippen LogP contribution in [0.4, 0.5) is 5.82 Å². The Bertz CT molecular complexity index is 465. The lowest BCUT2D eigenvalue weighted by atomic mass is 10.2. The molecule has 0 radical (unpaired) electrons. The summed E-state index contributed by atoms with van der Waals surface area (Å²) in [6.07, 6.45) is 3.21. The molecule has 15 heavy (non-hydrogen) atoms. The van der Waals surface area contributed by atoms with E-state index in [2.05, 4.69) is 25.7 Å². The van der Waals surface area contributed by atoms with Gasteiger partial charge in [-0.2, -0.15) is 15.4 Å². The highest BCUT2D eigenvalue weighted by atomic mass is 16.1. The lowest BCUT2D eigenvalue weighted by Gasteiger charge is -2.01. The van der Waals surface area contributed by atoms with Crippen LogP contribution in [0.25, 0.3) is 11.3 Å². The fraction of sp³-hybridized carbons (Fsp3) is 0.111. The summed E-state index contributed by atoms with van der Waals surface area (Å²) in [4.78, 5) is 14.8. The zero-order valence-corrected chi connectivity index (χ0v) is 8.06. The van der Waals surface area contributed by atoms with Crippen LogP contribution in [0.1, 0.15) is 6.92 Å². The molecule has 0 saturated carbocycles. The Morgan fingerprint density at radius 2 is 2.40 bits per heavy atom. The van der Waals surface area contributed by atoms with E-state index in [1.54, 1.807) is 24.5 Å². The first-order chi connectivity index (χ1) is 7.25. The SMILES string of the molecule is CC(=O)Nc1cc(-c2cn[nH]n2)ccn1. The number of nitrogens with one attached hydrogen (secondary N) is 2. The van der Waals surface area contributed by atoms with Crippen molar-refractivity contribution in [3.05, 3.63) is 24.5 Å². The minimum atomic E-state index is -0.153. The number of anilines is 1.